The second-order valence-electron chi connectivity index (χ2n) is 6.90. The van der Waals surface area contributed by atoms with Crippen LogP contribution in [0.3, 0.4) is 0 Å². The minimum atomic E-state index is 0.698. The first kappa shape index (κ1) is 17.7. The molecule has 0 aliphatic carbocycles. The lowest BCUT2D eigenvalue weighted by atomic mass is 10.1. The summed E-state index contributed by atoms with van der Waals surface area (Å²) in [6.45, 7) is 5.82. The third-order valence-electron chi connectivity index (χ3n) is 5.11. The predicted octanol–water partition coefficient (Wildman–Crippen LogP) is 1.81. The van der Waals surface area contributed by atoms with Crippen LogP contribution in [0, 0.1) is 0 Å². The van der Waals surface area contributed by atoms with E-state index in [0.29, 0.717) is 13.2 Å². The van der Waals surface area contributed by atoms with E-state index in [-0.39, 0.29) is 0 Å². The Bertz CT molecular complexity index is 1120. The Balaban J connectivity index is 1.80. The van der Waals surface area contributed by atoms with Gasteiger partial charge in [0.2, 0.25) is 0 Å². The van der Waals surface area contributed by atoms with E-state index in [1.807, 2.05) is 34.7 Å². The van der Waals surface area contributed by atoms with E-state index in [2.05, 4.69) is 38.5 Å². The monoisotopic (exact) mass is 393 g/mol. The van der Waals surface area contributed by atoms with Crippen LogP contribution in [0.4, 0.5) is 11.6 Å². The van der Waals surface area contributed by atoms with Gasteiger partial charge in [0.05, 0.1) is 30.5 Å². The van der Waals surface area contributed by atoms with Crippen molar-refractivity contribution >= 4 is 22.7 Å². The highest BCUT2D eigenvalue weighted by Crippen LogP contribution is 2.36. The molecule has 0 radical (unpaired) electrons. The number of pyridine rings is 1. The number of nitrogens with zero attached hydrogens (tertiary/aromatic N) is 7. The van der Waals surface area contributed by atoms with E-state index in [1.165, 1.54) is 0 Å². The van der Waals surface area contributed by atoms with Crippen molar-refractivity contribution in [3.63, 3.8) is 0 Å². The lowest BCUT2D eigenvalue weighted by Gasteiger charge is -2.28. The van der Waals surface area contributed by atoms with Crippen molar-refractivity contribution < 1.29 is 4.74 Å². The first-order valence-corrected chi connectivity index (χ1v) is 9.74. The summed E-state index contributed by atoms with van der Waals surface area (Å²) in [5.41, 5.74) is 2.82. The summed E-state index contributed by atoms with van der Waals surface area (Å²) < 4.78 is 9.21. The second kappa shape index (κ2) is 7.21. The zero-order valence-electron chi connectivity index (χ0n) is 16.5. The fourth-order valence-corrected chi connectivity index (χ4v) is 3.72. The molecule has 10 nitrogen and oxygen atoms in total. The Kier molecular flexibility index (Phi) is 4.39. The van der Waals surface area contributed by atoms with Crippen LogP contribution < -0.4 is 10.2 Å². The van der Waals surface area contributed by atoms with Crippen molar-refractivity contribution in [1.29, 1.82) is 0 Å². The lowest BCUT2D eigenvalue weighted by Crippen LogP contribution is -2.36. The van der Waals surface area contributed by atoms with Crippen LogP contribution >= 0.6 is 0 Å². The van der Waals surface area contributed by atoms with Crippen molar-refractivity contribution in [3.05, 3.63) is 30.6 Å². The molecule has 10 heteroatoms. The van der Waals surface area contributed by atoms with E-state index >= 15 is 0 Å². The van der Waals surface area contributed by atoms with Gasteiger partial charge in [-0.2, -0.15) is 14.9 Å². The zero-order valence-corrected chi connectivity index (χ0v) is 16.5. The van der Waals surface area contributed by atoms with Gasteiger partial charge in [-0.05, 0) is 19.1 Å². The molecule has 0 bridgehead atoms. The lowest BCUT2D eigenvalue weighted by molar-refractivity contribution is 0.122. The number of hydrogen-bond acceptors (Lipinski definition) is 7. The standard InChI is InChI=1S/C19H23N9O/c1-3-20-18-17-13(14-4-7-22-26(14)2)12-16(27-8-10-29-11-9-27)23-19(17)28(25-18)15-5-6-21-24-15/h4-7,12H,3,8-11H2,1-2H3,(H,20,25)(H,21,24). The maximum Gasteiger partial charge on any atom is 0.169 e. The summed E-state index contributed by atoms with van der Waals surface area (Å²) in [4.78, 5) is 7.26. The van der Waals surface area contributed by atoms with Crippen LogP contribution in [0.15, 0.2) is 30.6 Å². The summed E-state index contributed by atoms with van der Waals surface area (Å²) in [5, 5.41) is 20.6. The molecule has 4 aromatic heterocycles. The minimum absolute atomic E-state index is 0.698. The summed E-state index contributed by atoms with van der Waals surface area (Å²) in [7, 11) is 1.95. The highest BCUT2D eigenvalue weighted by Gasteiger charge is 2.23. The molecule has 0 atom stereocenters. The highest BCUT2D eigenvalue weighted by molar-refractivity contribution is 6.02. The van der Waals surface area contributed by atoms with Crippen LogP contribution in [-0.4, -0.2) is 67.6 Å². The quantitative estimate of drug-likeness (QED) is 0.533. The van der Waals surface area contributed by atoms with E-state index in [0.717, 1.165) is 59.4 Å². The smallest absolute Gasteiger partial charge is 0.169 e. The Labute approximate surface area is 167 Å². The fourth-order valence-electron chi connectivity index (χ4n) is 3.72. The Morgan fingerprint density at radius 2 is 2.07 bits per heavy atom. The third-order valence-corrected chi connectivity index (χ3v) is 5.11. The molecule has 1 fully saturated rings. The molecular formula is C19H23N9O. The van der Waals surface area contributed by atoms with Crippen LogP contribution in [0.1, 0.15) is 6.92 Å². The number of aromatic amines is 1. The largest absolute Gasteiger partial charge is 0.378 e. The maximum absolute atomic E-state index is 5.52. The number of morpholine rings is 1. The molecule has 4 aromatic rings. The van der Waals surface area contributed by atoms with Crippen molar-refractivity contribution in [2.75, 3.05) is 43.1 Å². The molecule has 150 valence electrons. The Hall–Kier alpha value is -3.40. The van der Waals surface area contributed by atoms with E-state index in [4.69, 9.17) is 14.8 Å². The first-order valence-electron chi connectivity index (χ1n) is 9.74. The fraction of sp³-hybridized carbons (Fsp3) is 0.368. The molecule has 0 saturated carbocycles. The molecule has 1 aliphatic heterocycles. The number of aromatic nitrogens is 7. The summed E-state index contributed by atoms with van der Waals surface area (Å²) in [6.07, 6.45) is 3.52. The van der Waals surface area contributed by atoms with Gasteiger partial charge in [-0.3, -0.25) is 9.78 Å². The molecule has 2 N–H and O–H groups in total. The van der Waals surface area contributed by atoms with Crippen LogP contribution in [-0.2, 0) is 11.8 Å². The van der Waals surface area contributed by atoms with Gasteiger partial charge in [0, 0.05) is 44.5 Å². The number of ether oxygens (including phenoxy) is 1. The topological polar surface area (TPSA) is 102 Å². The normalized spacial score (nSPS) is 14.6. The molecule has 0 amide bonds. The molecule has 0 unspecified atom stereocenters. The molecule has 0 spiro atoms. The highest BCUT2D eigenvalue weighted by atomic mass is 16.5. The van der Waals surface area contributed by atoms with Gasteiger partial charge in [0.1, 0.15) is 5.82 Å². The number of anilines is 2. The van der Waals surface area contributed by atoms with Gasteiger partial charge < -0.3 is 15.0 Å². The third kappa shape index (κ3) is 3.01. The summed E-state index contributed by atoms with van der Waals surface area (Å²) >= 11 is 0. The number of nitrogens with one attached hydrogen (secondary N) is 2. The summed E-state index contributed by atoms with van der Waals surface area (Å²) in [6, 6.07) is 6.03. The van der Waals surface area contributed by atoms with Gasteiger partial charge in [0.25, 0.3) is 0 Å². The average molecular weight is 393 g/mol. The van der Waals surface area contributed by atoms with E-state index in [9.17, 15) is 0 Å². The zero-order chi connectivity index (χ0) is 19.8. The van der Waals surface area contributed by atoms with Gasteiger partial charge in [0.15, 0.2) is 17.3 Å². The number of rotatable bonds is 5. The molecular weight excluding hydrogens is 370 g/mol. The van der Waals surface area contributed by atoms with Crippen LogP contribution in [0.2, 0.25) is 0 Å². The van der Waals surface area contributed by atoms with Crippen molar-refractivity contribution in [2.45, 2.75) is 6.92 Å². The molecule has 0 aromatic carbocycles. The Morgan fingerprint density at radius 3 is 2.76 bits per heavy atom. The summed E-state index contributed by atoms with van der Waals surface area (Å²) in [5.74, 6) is 2.46. The Morgan fingerprint density at radius 1 is 1.21 bits per heavy atom. The molecule has 5 rings (SSSR count). The van der Waals surface area contributed by atoms with E-state index in [1.54, 1.807) is 6.20 Å². The van der Waals surface area contributed by atoms with Crippen molar-refractivity contribution in [1.82, 2.24) is 34.7 Å². The number of fused-ring (bicyclic) bond motifs is 1. The second-order valence-corrected chi connectivity index (χ2v) is 6.90. The average Bonchev–Trinajstić information content (AvgIpc) is 3.49. The van der Waals surface area contributed by atoms with Gasteiger partial charge in [-0.15, -0.1) is 5.10 Å². The van der Waals surface area contributed by atoms with Gasteiger partial charge in [-0.1, -0.05) is 0 Å². The molecule has 1 saturated heterocycles. The molecule has 1 aliphatic rings. The van der Waals surface area contributed by atoms with Crippen LogP contribution in [0.25, 0.3) is 28.1 Å². The molecule has 29 heavy (non-hydrogen) atoms. The number of aryl methyl sites for hydroxylation is 1. The van der Waals surface area contributed by atoms with Crippen molar-refractivity contribution in [2.24, 2.45) is 7.05 Å². The maximum atomic E-state index is 5.52. The molecule has 5 heterocycles. The SMILES string of the molecule is CCNc1nn(-c2ccn[nH]2)c2nc(N3CCOCC3)cc(-c3ccnn3C)c12. The predicted molar refractivity (Wildman–Crippen MR) is 110 cm³/mol. The number of H-pyrrole nitrogens is 1. The number of hydrogen-bond donors (Lipinski definition) is 2. The van der Waals surface area contributed by atoms with Gasteiger partial charge in [-0.25, -0.2) is 4.98 Å². The van der Waals surface area contributed by atoms with Crippen molar-refractivity contribution in [3.8, 4) is 17.1 Å². The first-order chi connectivity index (χ1) is 14.3. The van der Waals surface area contributed by atoms with E-state index < -0.39 is 0 Å². The van der Waals surface area contributed by atoms with Gasteiger partial charge >= 0.3 is 0 Å². The minimum Gasteiger partial charge on any atom is -0.378 e. The van der Waals surface area contributed by atoms with Crippen LogP contribution in [0.5, 0.6) is 0 Å².